The van der Waals surface area contributed by atoms with Crippen molar-refractivity contribution in [2.45, 2.75) is 44.7 Å². The van der Waals surface area contributed by atoms with E-state index in [1.165, 1.54) is 5.56 Å². The van der Waals surface area contributed by atoms with E-state index >= 15 is 0 Å². The molecule has 0 saturated heterocycles. The van der Waals surface area contributed by atoms with Crippen molar-refractivity contribution in [3.63, 3.8) is 0 Å². The van der Waals surface area contributed by atoms with E-state index in [-0.39, 0.29) is 17.9 Å². The lowest BCUT2D eigenvalue weighted by Gasteiger charge is -2.17. The number of hydrogen-bond acceptors (Lipinski definition) is 4. The summed E-state index contributed by atoms with van der Waals surface area (Å²) in [6.45, 7) is 2.55. The van der Waals surface area contributed by atoms with Crippen molar-refractivity contribution < 1.29 is 14.7 Å². The minimum absolute atomic E-state index is 0.0580. The third-order valence-corrected chi connectivity index (χ3v) is 4.35. The van der Waals surface area contributed by atoms with Crippen LogP contribution in [0, 0.1) is 0 Å². The summed E-state index contributed by atoms with van der Waals surface area (Å²) in [5, 5.41) is 11.3. The molecule has 2 atom stereocenters. The van der Waals surface area contributed by atoms with Crippen LogP contribution < -0.4 is 22.5 Å². The van der Waals surface area contributed by atoms with E-state index in [0.29, 0.717) is 18.5 Å². The summed E-state index contributed by atoms with van der Waals surface area (Å²) in [5.41, 5.74) is 17.9. The number of nitrogens with zero attached hydrogens (tertiary/aromatic N) is 1. The number of guanidine groups is 1. The van der Waals surface area contributed by atoms with Crippen molar-refractivity contribution in [2.24, 2.45) is 22.2 Å². The van der Waals surface area contributed by atoms with E-state index in [4.69, 9.17) is 22.3 Å². The van der Waals surface area contributed by atoms with E-state index < -0.39 is 12.0 Å². The monoisotopic (exact) mass is 427 g/mol. The topological polar surface area (TPSA) is 157 Å². The molecule has 1 amide bonds. The number of carbonyl (C=O) groups excluding carboxylic acids is 1. The molecule has 0 fully saturated rings. The van der Waals surface area contributed by atoms with Crippen molar-refractivity contribution in [3.8, 4) is 0 Å². The molecule has 168 valence electrons. The number of hydrogen-bond donors (Lipinski definition) is 5. The fraction of sp³-hybridized carbons (Fsp3) is 0.348. The maximum atomic E-state index is 12.0. The molecule has 2 aromatic rings. The van der Waals surface area contributed by atoms with Gasteiger partial charge in [0.1, 0.15) is 0 Å². The second kappa shape index (κ2) is 14.6. The number of nitrogens with one attached hydrogen (secondary N) is 1. The zero-order valence-corrected chi connectivity index (χ0v) is 17.9. The molecule has 8 nitrogen and oxygen atoms in total. The smallest absolute Gasteiger partial charge is 0.335 e. The highest BCUT2D eigenvalue weighted by Crippen LogP contribution is 2.04. The number of carboxylic acids is 1. The van der Waals surface area contributed by atoms with Crippen LogP contribution in [-0.4, -0.2) is 41.6 Å². The van der Waals surface area contributed by atoms with Crippen molar-refractivity contribution in [1.82, 2.24) is 5.32 Å². The second-order valence-electron chi connectivity index (χ2n) is 7.18. The van der Waals surface area contributed by atoms with Gasteiger partial charge >= 0.3 is 5.97 Å². The Morgan fingerprint density at radius 2 is 1.58 bits per heavy atom. The van der Waals surface area contributed by atoms with Gasteiger partial charge in [0, 0.05) is 12.6 Å². The van der Waals surface area contributed by atoms with Gasteiger partial charge in [-0.3, -0.25) is 9.79 Å². The van der Waals surface area contributed by atoms with Gasteiger partial charge in [-0.15, -0.1) is 0 Å². The highest BCUT2D eigenvalue weighted by Gasteiger charge is 2.15. The summed E-state index contributed by atoms with van der Waals surface area (Å²) in [5.74, 6) is -0.891. The Balaban J connectivity index is 0.000000442. The van der Waals surface area contributed by atoms with Crippen LogP contribution in [-0.2, 0) is 11.2 Å². The van der Waals surface area contributed by atoms with Crippen molar-refractivity contribution in [3.05, 3.63) is 71.8 Å². The molecule has 1 unspecified atom stereocenters. The minimum Gasteiger partial charge on any atom is -0.478 e. The third-order valence-electron chi connectivity index (χ3n) is 4.35. The Morgan fingerprint density at radius 1 is 1.00 bits per heavy atom. The van der Waals surface area contributed by atoms with Crippen LogP contribution in [0.25, 0.3) is 0 Å². The molecule has 0 aliphatic rings. The maximum absolute atomic E-state index is 12.0. The molecule has 8 heteroatoms. The van der Waals surface area contributed by atoms with Gasteiger partial charge in [0.2, 0.25) is 5.91 Å². The first-order valence-corrected chi connectivity index (χ1v) is 10.2. The van der Waals surface area contributed by atoms with Gasteiger partial charge in [0.25, 0.3) is 0 Å². The van der Waals surface area contributed by atoms with E-state index in [0.717, 1.165) is 19.3 Å². The predicted molar refractivity (Wildman–Crippen MR) is 124 cm³/mol. The van der Waals surface area contributed by atoms with E-state index in [9.17, 15) is 9.59 Å². The van der Waals surface area contributed by atoms with Crippen LogP contribution in [0.5, 0.6) is 0 Å². The second-order valence-corrected chi connectivity index (χ2v) is 7.18. The first-order valence-electron chi connectivity index (χ1n) is 10.2. The lowest BCUT2D eigenvalue weighted by molar-refractivity contribution is -0.123. The van der Waals surface area contributed by atoms with Crippen molar-refractivity contribution >= 4 is 17.8 Å². The number of rotatable bonds is 10. The lowest BCUT2D eigenvalue weighted by atomic mass is 10.1. The highest BCUT2D eigenvalue weighted by atomic mass is 16.4. The number of carbonyl (C=O) groups is 2. The summed E-state index contributed by atoms with van der Waals surface area (Å²) in [4.78, 5) is 26.1. The Kier molecular flexibility index (Phi) is 12.1. The summed E-state index contributed by atoms with van der Waals surface area (Å²) >= 11 is 0. The third kappa shape index (κ3) is 12.0. The molecule has 0 spiro atoms. The number of aromatic carboxylic acids is 1. The fourth-order valence-electron chi connectivity index (χ4n) is 2.76. The molecular formula is C23H33N5O3. The van der Waals surface area contributed by atoms with Gasteiger partial charge < -0.3 is 27.6 Å². The number of unbranched alkanes of at least 4 members (excludes halogenated alkanes) is 1. The molecule has 2 rings (SSSR count). The number of aliphatic imine (C=N–C) groups is 1. The fourth-order valence-corrected chi connectivity index (χ4v) is 2.76. The molecule has 0 saturated carbocycles. The van der Waals surface area contributed by atoms with Gasteiger partial charge in [-0.2, -0.15) is 0 Å². The number of amides is 1. The minimum atomic E-state index is -0.879. The number of carboxylic acid groups (broad SMARTS) is 1. The largest absolute Gasteiger partial charge is 0.478 e. The van der Waals surface area contributed by atoms with E-state index in [2.05, 4.69) is 10.3 Å². The Bertz CT molecular complexity index is 808. The maximum Gasteiger partial charge on any atom is 0.335 e. The summed E-state index contributed by atoms with van der Waals surface area (Å²) in [6, 6.07) is 17.9. The average molecular weight is 428 g/mol. The molecule has 0 bridgehead atoms. The van der Waals surface area contributed by atoms with Gasteiger partial charge in [-0.05, 0) is 50.3 Å². The lowest BCUT2D eigenvalue weighted by Crippen LogP contribution is -2.45. The van der Waals surface area contributed by atoms with Crippen LogP contribution in [0.2, 0.25) is 0 Å². The van der Waals surface area contributed by atoms with Crippen LogP contribution in [0.3, 0.4) is 0 Å². The molecule has 2 aromatic carbocycles. The van der Waals surface area contributed by atoms with E-state index in [1.54, 1.807) is 30.3 Å². The Hall–Kier alpha value is -3.39. The van der Waals surface area contributed by atoms with Crippen LogP contribution in [0.1, 0.15) is 42.1 Å². The first-order chi connectivity index (χ1) is 14.8. The molecule has 0 aliphatic heterocycles. The normalized spacial score (nSPS) is 11.9. The van der Waals surface area contributed by atoms with E-state index in [1.807, 2.05) is 37.3 Å². The average Bonchev–Trinajstić information content (AvgIpc) is 2.74. The number of nitrogens with two attached hydrogens (primary N) is 3. The molecule has 8 N–H and O–H groups in total. The van der Waals surface area contributed by atoms with Crippen LogP contribution in [0.15, 0.2) is 65.7 Å². The van der Waals surface area contributed by atoms with Crippen molar-refractivity contribution in [2.75, 3.05) is 6.54 Å². The SMILES string of the molecule is C[C@@H](Cc1ccccc1)NC(=O)C(N)CCCCN=C(N)N.O=C(O)c1ccccc1. The highest BCUT2D eigenvalue weighted by molar-refractivity contribution is 5.87. The molecule has 0 heterocycles. The molecular weight excluding hydrogens is 394 g/mol. The predicted octanol–water partition coefficient (Wildman–Crippen LogP) is 1.89. The van der Waals surface area contributed by atoms with Crippen molar-refractivity contribution in [1.29, 1.82) is 0 Å². The van der Waals surface area contributed by atoms with Crippen LogP contribution >= 0.6 is 0 Å². The number of benzene rings is 2. The molecule has 0 aliphatic carbocycles. The standard InChI is InChI=1S/C16H27N5O.C7H6O2/c1-12(11-13-7-3-2-4-8-13)21-15(22)14(17)9-5-6-10-20-16(18)19;8-7(9)6-4-2-1-3-5-6/h2-4,7-8,12,14H,5-6,9-11,17H2,1H3,(H,21,22)(H4,18,19,20);1-5H,(H,8,9)/t12-,14?;/m0./s1. The molecule has 0 radical (unpaired) electrons. The Labute approximate surface area is 183 Å². The summed E-state index contributed by atoms with van der Waals surface area (Å²) in [6.07, 6.45) is 3.06. The van der Waals surface area contributed by atoms with Gasteiger partial charge in [0.05, 0.1) is 11.6 Å². The zero-order valence-electron chi connectivity index (χ0n) is 17.9. The molecule has 0 aromatic heterocycles. The van der Waals surface area contributed by atoms with Crippen LogP contribution in [0.4, 0.5) is 0 Å². The molecule has 31 heavy (non-hydrogen) atoms. The van der Waals surface area contributed by atoms with Gasteiger partial charge in [-0.25, -0.2) is 4.79 Å². The first kappa shape index (κ1) is 25.6. The quantitative estimate of drug-likeness (QED) is 0.221. The van der Waals surface area contributed by atoms with Gasteiger partial charge in [-0.1, -0.05) is 48.5 Å². The summed E-state index contributed by atoms with van der Waals surface area (Å²) < 4.78 is 0. The zero-order chi connectivity index (χ0) is 23.1. The summed E-state index contributed by atoms with van der Waals surface area (Å²) in [7, 11) is 0. The Morgan fingerprint density at radius 3 is 2.10 bits per heavy atom. The van der Waals surface area contributed by atoms with Gasteiger partial charge in [0.15, 0.2) is 5.96 Å².